The van der Waals surface area contributed by atoms with E-state index in [0.717, 1.165) is 11.3 Å². The summed E-state index contributed by atoms with van der Waals surface area (Å²) < 4.78 is 37.7. The summed E-state index contributed by atoms with van der Waals surface area (Å²) in [5.74, 6) is -1.37. The van der Waals surface area contributed by atoms with Crippen LogP contribution >= 0.6 is 22.6 Å². The van der Waals surface area contributed by atoms with E-state index in [-0.39, 0.29) is 6.61 Å². The minimum Gasteiger partial charge on any atom is -0.434 e. The van der Waals surface area contributed by atoms with Crippen LogP contribution in [0.15, 0.2) is 0 Å². The third kappa shape index (κ3) is 3.39. The fourth-order valence-electron chi connectivity index (χ4n) is 2.95. The largest absolute Gasteiger partial charge is 0.511 e. The van der Waals surface area contributed by atoms with Crippen LogP contribution in [0.4, 0.5) is 4.79 Å². The molecule has 0 aromatic carbocycles. The third-order valence-electron chi connectivity index (χ3n) is 4.49. The summed E-state index contributed by atoms with van der Waals surface area (Å²) in [4.78, 5) is 37.1. The van der Waals surface area contributed by atoms with Crippen LogP contribution in [-0.4, -0.2) is 64.3 Å². The molecule has 0 radical (unpaired) electrons. The smallest absolute Gasteiger partial charge is 0.434 e. The predicted molar refractivity (Wildman–Crippen MR) is 98.1 cm³/mol. The number of amides is 1. The van der Waals surface area contributed by atoms with Crippen LogP contribution < -0.4 is 0 Å². The molecule has 11 heteroatoms. The zero-order valence-corrected chi connectivity index (χ0v) is 17.9. The monoisotopic (exact) mass is 503 g/mol. The number of fused-ring (bicyclic) bond motifs is 1. The molecule has 26 heavy (non-hydrogen) atoms. The lowest BCUT2D eigenvalue weighted by molar-refractivity contribution is -0.179. The third-order valence-corrected chi connectivity index (χ3v) is 9.02. The van der Waals surface area contributed by atoms with E-state index in [1.165, 1.54) is 20.8 Å². The number of β-lactam (4-membered cyclic amide) rings is 1. The van der Waals surface area contributed by atoms with Crippen molar-refractivity contribution >= 4 is 50.5 Å². The standard InChI is InChI=1S/C15H22INO8S/c1-5-6-7-23-14(20)25-8(2)24-13(19)10-15(3,4)26(21,22)12-9(16)11(18)17(10)12/h8-10,12H,5-7H2,1-4H3/t8?,9-,10-,12+/m0/s1. The van der Waals surface area contributed by atoms with E-state index >= 15 is 0 Å². The van der Waals surface area contributed by atoms with Gasteiger partial charge in [0.05, 0.1) is 6.61 Å². The van der Waals surface area contributed by atoms with Gasteiger partial charge in [0.15, 0.2) is 15.2 Å². The second kappa shape index (κ2) is 7.49. The first-order valence-corrected chi connectivity index (χ1v) is 11.0. The van der Waals surface area contributed by atoms with Crippen molar-refractivity contribution in [2.45, 2.75) is 66.9 Å². The van der Waals surface area contributed by atoms with Gasteiger partial charge in [-0.1, -0.05) is 35.9 Å². The van der Waals surface area contributed by atoms with Crippen LogP contribution in [0, 0.1) is 0 Å². The Hall–Kier alpha value is -1.11. The Labute approximate surface area is 165 Å². The van der Waals surface area contributed by atoms with E-state index in [4.69, 9.17) is 14.2 Å². The van der Waals surface area contributed by atoms with Crippen molar-refractivity contribution in [1.82, 2.24) is 4.90 Å². The maximum absolute atomic E-state index is 12.6. The van der Waals surface area contributed by atoms with Crippen LogP contribution in [0.25, 0.3) is 0 Å². The van der Waals surface area contributed by atoms with Gasteiger partial charge in [-0.25, -0.2) is 18.0 Å². The molecule has 2 aliphatic heterocycles. The second-order valence-electron chi connectivity index (χ2n) is 6.66. The van der Waals surface area contributed by atoms with E-state index in [2.05, 4.69) is 0 Å². The summed E-state index contributed by atoms with van der Waals surface area (Å²) in [6.45, 7) is 6.19. The average molecular weight is 503 g/mol. The molecule has 2 heterocycles. The molecule has 2 rings (SSSR count). The molecule has 1 amide bonds. The summed E-state index contributed by atoms with van der Waals surface area (Å²) in [6, 6.07) is -1.29. The van der Waals surface area contributed by atoms with Crippen molar-refractivity contribution in [2.24, 2.45) is 0 Å². The maximum Gasteiger partial charge on any atom is 0.511 e. The van der Waals surface area contributed by atoms with Crippen LogP contribution in [-0.2, 0) is 33.6 Å². The van der Waals surface area contributed by atoms with Gasteiger partial charge in [0.2, 0.25) is 12.2 Å². The lowest BCUT2D eigenvalue weighted by Crippen LogP contribution is -2.64. The number of rotatable bonds is 6. The molecule has 0 saturated carbocycles. The van der Waals surface area contributed by atoms with E-state index in [1.807, 2.05) is 6.92 Å². The predicted octanol–water partition coefficient (Wildman–Crippen LogP) is 1.38. The molecule has 0 N–H and O–H groups in total. The van der Waals surface area contributed by atoms with Crippen LogP contribution in [0.3, 0.4) is 0 Å². The van der Waals surface area contributed by atoms with E-state index in [9.17, 15) is 22.8 Å². The van der Waals surface area contributed by atoms with Gasteiger partial charge in [-0.05, 0) is 20.3 Å². The Morgan fingerprint density at radius 1 is 1.31 bits per heavy atom. The SMILES string of the molecule is CCCCOC(=O)OC(C)OC(=O)[C@@H]1N2C(=O)[C@H](I)[C@H]2S(=O)(=O)C1(C)C. The molecule has 9 nitrogen and oxygen atoms in total. The Balaban J connectivity index is 2.05. The maximum atomic E-state index is 12.6. The topological polar surface area (TPSA) is 116 Å². The highest BCUT2D eigenvalue weighted by Gasteiger charge is 2.72. The number of esters is 1. The van der Waals surface area contributed by atoms with Gasteiger partial charge in [0.1, 0.15) is 14.7 Å². The van der Waals surface area contributed by atoms with Crippen LogP contribution in [0.5, 0.6) is 0 Å². The lowest BCUT2D eigenvalue weighted by atomic mass is 9.98. The summed E-state index contributed by atoms with van der Waals surface area (Å²) in [5.41, 5.74) is 0. The zero-order valence-electron chi connectivity index (χ0n) is 14.9. The fourth-order valence-corrected chi connectivity index (χ4v) is 6.88. The number of carbonyl (C=O) groups excluding carboxylic acids is 3. The van der Waals surface area contributed by atoms with Crippen molar-refractivity contribution in [3.63, 3.8) is 0 Å². The number of alkyl halides is 1. The Morgan fingerprint density at radius 2 is 1.92 bits per heavy atom. The molecule has 0 bridgehead atoms. The fraction of sp³-hybridized carbons (Fsp3) is 0.800. The first kappa shape index (κ1) is 21.2. The lowest BCUT2D eigenvalue weighted by Gasteiger charge is -2.40. The second-order valence-corrected chi connectivity index (χ2v) is 10.6. The Morgan fingerprint density at radius 3 is 2.50 bits per heavy atom. The van der Waals surface area contributed by atoms with Gasteiger partial charge < -0.3 is 19.1 Å². The molecule has 2 aliphatic rings. The van der Waals surface area contributed by atoms with Crippen LogP contribution in [0.1, 0.15) is 40.5 Å². The highest BCUT2D eigenvalue weighted by molar-refractivity contribution is 14.1. The molecule has 0 aliphatic carbocycles. The summed E-state index contributed by atoms with van der Waals surface area (Å²) in [5, 5.41) is -1.04. The number of carbonyl (C=O) groups is 3. The molecule has 0 aromatic heterocycles. The molecular weight excluding hydrogens is 481 g/mol. The normalized spacial score (nSPS) is 29.3. The summed E-state index contributed by atoms with van der Waals surface area (Å²) >= 11 is 1.76. The van der Waals surface area contributed by atoms with Crippen molar-refractivity contribution in [3.05, 3.63) is 0 Å². The number of nitrogens with zero attached hydrogens (tertiary/aromatic N) is 1. The first-order chi connectivity index (χ1) is 12.0. The minimum atomic E-state index is -3.75. The van der Waals surface area contributed by atoms with E-state index < -0.39 is 54.2 Å². The zero-order chi connectivity index (χ0) is 19.9. The number of halogens is 1. The van der Waals surface area contributed by atoms with Gasteiger partial charge in [0.25, 0.3) is 0 Å². The number of hydrogen-bond donors (Lipinski definition) is 0. The van der Waals surface area contributed by atoms with Gasteiger partial charge >= 0.3 is 12.1 Å². The molecule has 0 aromatic rings. The summed E-state index contributed by atoms with van der Waals surface area (Å²) in [7, 11) is -3.75. The van der Waals surface area contributed by atoms with E-state index in [1.54, 1.807) is 22.6 Å². The van der Waals surface area contributed by atoms with E-state index in [0.29, 0.717) is 6.42 Å². The van der Waals surface area contributed by atoms with Gasteiger partial charge in [-0.3, -0.25) is 4.79 Å². The number of unbranched alkanes of at least 4 members (excludes halogenated alkanes) is 1. The van der Waals surface area contributed by atoms with Gasteiger partial charge in [0, 0.05) is 6.92 Å². The van der Waals surface area contributed by atoms with Gasteiger partial charge in [-0.2, -0.15) is 0 Å². The first-order valence-electron chi connectivity index (χ1n) is 8.20. The highest BCUT2D eigenvalue weighted by Crippen LogP contribution is 2.48. The highest BCUT2D eigenvalue weighted by atomic mass is 127. The molecule has 2 saturated heterocycles. The Bertz CT molecular complexity index is 706. The molecule has 2 fully saturated rings. The van der Waals surface area contributed by atoms with Gasteiger partial charge in [-0.15, -0.1) is 0 Å². The van der Waals surface area contributed by atoms with Crippen LogP contribution in [0.2, 0.25) is 0 Å². The summed E-state index contributed by atoms with van der Waals surface area (Å²) in [6.07, 6.45) is -0.748. The minimum absolute atomic E-state index is 0.185. The molecule has 148 valence electrons. The van der Waals surface area contributed by atoms with Crippen molar-refractivity contribution in [2.75, 3.05) is 6.61 Å². The Kier molecular flexibility index (Phi) is 6.10. The number of ether oxygens (including phenoxy) is 3. The molecule has 4 atom stereocenters. The molecular formula is C15H22INO8S. The van der Waals surface area contributed by atoms with Crippen molar-refractivity contribution in [1.29, 1.82) is 0 Å². The number of hydrogen-bond acceptors (Lipinski definition) is 8. The molecule has 1 unspecified atom stereocenters. The number of sulfone groups is 1. The van der Waals surface area contributed by atoms with Crippen molar-refractivity contribution < 1.29 is 37.0 Å². The average Bonchev–Trinajstić information content (AvgIpc) is 2.67. The van der Waals surface area contributed by atoms with Crippen molar-refractivity contribution in [3.8, 4) is 0 Å². The molecule has 0 spiro atoms. The quantitative estimate of drug-likeness (QED) is 0.133.